The lowest BCUT2D eigenvalue weighted by molar-refractivity contribution is -0.123. The predicted molar refractivity (Wildman–Crippen MR) is 68.7 cm³/mol. The lowest BCUT2D eigenvalue weighted by Crippen LogP contribution is -2.42. The summed E-state index contributed by atoms with van der Waals surface area (Å²) in [4.78, 5) is 23.3. The molecule has 18 heavy (non-hydrogen) atoms. The Balaban J connectivity index is 1.85. The second kappa shape index (κ2) is 5.21. The number of nitrogens with one attached hydrogen (secondary N) is 2. The van der Waals surface area contributed by atoms with E-state index < -0.39 is 0 Å². The van der Waals surface area contributed by atoms with Gasteiger partial charge in [0.2, 0.25) is 5.91 Å². The summed E-state index contributed by atoms with van der Waals surface area (Å²) < 4.78 is 0. The van der Waals surface area contributed by atoms with Gasteiger partial charge in [-0.05, 0) is 36.5 Å². The van der Waals surface area contributed by atoms with Gasteiger partial charge in [0.1, 0.15) is 0 Å². The minimum atomic E-state index is -0.278. The average Bonchev–Trinajstić information content (AvgIpc) is 3.13. The van der Waals surface area contributed by atoms with Crippen molar-refractivity contribution in [2.24, 2.45) is 11.8 Å². The van der Waals surface area contributed by atoms with Gasteiger partial charge in [-0.3, -0.25) is 20.4 Å². The van der Waals surface area contributed by atoms with Crippen LogP contribution in [-0.2, 0) is 11.2 Å². The largest absolute Gasteiger partial charge is 0.273 e. The Labute approximate surface area is 107 Å². The molecule has 1 saturated carbocycles. The number of hydrogen-bond acceptors (Lipinski definition) is 2. The fraction of sp³-hybridized carbons (Fsp3) is 0.429. The topological polar surface area (TPSA) is 58.2 Å². The molecule has 0 unspecified atom stereocenters. The van der Waals surface area contributed by atoms with E-state index in [0.717, 1.165) is 12.8 Å². The highest BCUT2D eigenvalue weighted by molar-refractivity contribution is 5.95. The number of carbonyl (C=O) groups excluding carboxylic acids is 2. The van der Waals surface area contributed by atoms with Gasteiger partial charge in [-0.15, -0.1) is 0 Å². The molecular formula is C14H18N2O2. The molecule has 0 aromatic heterocycles. The van der Waals surface area contributed by atoms with Crippen molar-refractivity contribution in [3.63, 3.8) is 0 Å². The molecule has 2 atom stereocenters. The summed E-state index contributed by atoms with van der Waals surface area (Å²) in [6, 6.07) is 7.36. The molecule has 0 spiro atoms. The highest BCUT2D eigenvalue weighted by atomic mass is 16.2. The SMILES string of the molecule is CCc1ccc(C(=O)NNC(=O)[C@@H]2C[C@@H]2C)cc1. The number of rotatable bonds is 3. The van der Waals surface area contributed by atoms with Crippen molar-refractivity contribution in [1.82, 2.24) is 10.9 Å². The molecule has 4 nitrogen and oxygen atoms in total. The van der Waals surface area contributed by atoms with Crippen LogP contribution in [0.5, 0.6) is 0 Å². The Morgan fingerprint density at radius 3 is 2.33 bits per heavy atom. The van der Waals surface area contributed by atoms with Crippen LogP contribution in [-0.4, -0.2) is 11.8 Å². The minimum absolute atomic E-state index is 0.0627. The fourth-order valence-electron chi connectivity index (χ4n) is 1.86. The second-order valence-electron chi connectivity index (χ2n) is 4.81. The van der Waals surface area contributed by atoms with E-state index in [1.165, 1.54) is 5.56 Å². The molecular weight excluding hydrogens is 228 g/mol. The summed E-state index contributed by atoms with van der Waals surface area (Å²) in [5.41, 5.74) is 6.64. The first-order valence-corrected chi connectivity index (χ1v) is 6.31. The van der Waals surface area contributed by atoms with Gasteiger partial charge in [-0.1, -0.05) is 26.0 Å². The lowest BCUT2D eigenvalue weighted by Gasteiger charge is -2.07. The summed E-state index contributed by atoms with van der Waals surface area (Å²) in [6.45, 7) is 4.08. The van der Waals surface area contributed by atoms with Crippen molar-refractivity contribution in [2.45, 2.75) is 26.7 Å². The standard InChI is InChI=1S/C14H18N2O2/c1-3-10-4-6-11(7-5-10)13(17)15-16-14(18)12-8-9(12)2/h4-7,9,12H,3,8H2,1-2H3,(H,15,17)(H,16,18)/t9-,12+/m0/s1. The van der Waals surface area contributed by atoms with Crippen molar-refractivity contribution < 1.29 is 9.59 Å². The van der Waals surface area contributed by atoms with Crippen LogP contribution in [0, 0.1) is 11.8 Å². The first-order valence-electron chi connectivity index (χ1n) is 6.31. The molecule has 2 N–H and O–H groups in total. The van der Waals surface area contributed by atoms with E-state index >= 15 is 0 Å². The van der Waals surface area contributed by atoms with Gasteiger partial charge in [-0.25, -0.2) is 0 Å². The van der Waals surface area contributed by atoms with Crippen LogP contribution in [0.25, 0.3) is 0 Å². The van der Waals surface area contributed by atoms with E-state index in [1.807, 2.05) is 19.1 Å². The zero-order valence-corrected chi connectivity index (χ0v) is 10.7. The maximum Gasteiger partial charge on any atom is 0.269 e. The molecule has 0 heterocycles. The summed E-state index contributed by atoms with van der Waals surface area (Å²) in [7, 11) is 0. The molecule has 0 radical (unpaired) electrons. The Hall–Kier alpha value is -1.84. The molecule has 0 aliphatic heterocycles. The zero-order chi connectivity index (χ0) is 13.1. The second-order valence-corrected chi connectivity index (χ2v) is 4.81. The molecule has 1 aliphatic carbocycles. The third-order valence-electron chi connectivity index (χ3n) is 3.37. The van der Waals surface area contributed by atoms with Crippen LogP contribution < -0.4 is 10.9 Å². The minimum Gasteiger partial charge on any atom is -0.273 e. The van der Waals surface area contributed by atoms with E-state index in [9.17, 15) is 9.59 Å². The summed E-state index contributed by atoms with van der Waals surface area (Å²) in [5, 5.41) is 0. The fourth-order valence-corrected chi connectivity index (χ4v) is 1.86. The molecule has 2 amide bonds. The molecule has 0 saturated heterocycles. The van der Waals surface area contributed by atoms with Gasteiger partial charge in [0.15, 0.2) is 0 Å². The molecule has 1 aromatic rings. The van der Waals surface area contributed by atoms with Gasteiger partial charge >= 0.3 is 0 Å². The van der Waals surface area contributed by atoms with E-state index in [2.05, 4.69) is 17.8 Å². The van der Waals surface area contributed by atoms with Gasteiger partial charge < -0.3 is 0 Å². The van der Waals surface area contributed by atoms with Gasteiger partial charge in [-0.2, -0.15) is 0 Å². The van der Waals surface area contributed by atoms with E-state index in [-0.39, 0.29) is 17.7 Å². The Bertz CT molecular complexity index is 453. The number of hydrogen-bond donors (Lipinski definition) is 2. The number of amides is 2. The number of hydrazine groups is 1. The monoisotopic (exact) mass is 246 g/mol. The molecule has 1 aliphatic rings. The van der Waals surface area contributed by atoms with Crippen molar-refractivity contribution in [2.75, 3.05) is 0 Å². The Morgan fingerprint density at radius 2 is 1.83 bits per heavy atom. The van der Waals surface area contributed by atoms with E-state index in [0.29, 0.717) is 11.5 Å². The quantitative estimate of drug-likeness (QED) is 0.797. The zero-order valence-electron chi connectivity index (χ0n) is 10.7. The van der Waals surface area contributed by atoms with Crippen molar-refractivity contribution in [3.8, 4) is 0 Å². The van der Waals surface area contributed by atoms with E-state index in [4.69, 9.17) is 0 Å². The summed E-state index contributed by atoms with van der Waals surface area (Å²) >= 11 is 0. The average molecular weight is 246 g/mol. The normalized spacial score (nSPS) is 21.2. The molecule has 96 valence electrons. The van der Waals surface area contributed by atoms with Crippen molar-refractivity contribution in [1.29, 1.82) is 0 Å². The predicted octanol–water partition coefficient (Wildman–Crippen LogP) is 1.67. The van der Waals surface area contributed by atoms with Crippen LogP contribution in [0.2, 0.25) is 0 Å². The summed E-state index contributed by atoms with van der Waals surface area (Å²) in [6.07, 6.45) is 1.85. The van der Waals surface area contributed by atoms with E-state index in [1.54, 1.807) is 12.1 Å². The maximum absolute atomic E-state index is 11.7. The maximum atomic E-state index is 11.7. The van der Waals surface area contributed by atoms with Crippen LogP contribution in [0.4, 0.5) is 0 Å². The first kappa shape index (κ1) is 12.6. The van der Waals surface area contributed by atoms with Crippen molar-refractivity contribution >= 4 is 11.8 Å². The number of benzene rings is 1. The van der Waals surface area contributed by atoms with Crippen molar-refractivity contribution in [3.05, 3.63) is 35.4 Å². The van der Waals surface area contributed by atoms with Crippen LogP contribution in [0.3, 0.4) is 0 Å². The third kappa shape index (κ3) is 2.88. The van der Waals surface area contributed by atoms with Crippen LogP contribution >= 0.6 is 0 Å². The molecule has 0 bridgehead atoms. The Morgan fingerprint density at radius 1 is 1.22 bits per heavy atom. The molecule has 4 heteroatoms. The van der Waals surface area contributed by atoms with Gasteiger partial charge in [0, 0.05) is 11.5 Å². The van der Waals surface area contributed by atoms with Gasteiger partial charge in [0.25, 0.3) is 5.91 Å². The molecule has 1 fully saturated rings. The van der Waals surface area contributed by atoms with Gasteiger partial charge in [0.05, 0.1) is 0 Å². The lowest BCUT2D eigenvalue weighted by atomic mass is 10.1. The number of aryl methyl sites for hydroxylation is 1. The van der Waals surface area contributed by atoms with Crippen LogP contribution in [0.1, 0.15) is 36.2 Å². The first-order chi connectivity index (χ1) is 8.61. The Kier molecular flexibility index (Phi) is 3.65. The molecule has 2 rings (SSSR count). The molecule has 1 aromatic carbocycles. The number of carbonyl (C=O) groups is 2. The highest BCUT2D eigenvalue weighted by Crippen LogP contribution is 2.37. The van der Waals surface area contributed by atoms with Crippen LogP contribution in [0.15, 0.2) is 24.3 Å². The highest BCUT2D eigenvalue weighted by Gasteiger charge is 2.39. The third-order valence-corrected chi connectivity index (χ3v) is 3.37. The summed E-state index contributed by atoms with van der Waals surface area (Å²) in [5.74, 6) is 0.124. The smallest absolute Gasteiger partial charge is 0.269 e.